The Bertz CT molecular complexity index is 861. The normalized spacial score (nSPS) is 24.5. The molecule has 1 fully saturated rings. The molecule has 152 valence electrons. The van der Waals surface area contributed by atoms with E-state index < -0.39 is 30.5 Å². The molecule has 1 saturated heterocycles. The van der Waals surface area contributed by atoms with E-state index in [1.54, 1.807) is 0 Å². The summed E-state index contributed by atoms with van der Waals surface area (Å²) in [4.78, 5) is 34.9. The molecule has 0 spiro atoms. The standard InChI is InChI=1S/C16H21N5O6S/c1-28-5-8-12(25)13(26)16(27-8)21-7-19-11-14(17-6-18-15(11)21)20-9(22)3-2-4-10(23)24/h6-8,12-13,16,25-26H,2-5H2,1H3,(H,23,24)(H,17,18,20,22). The van der Waals surface area contributed by atoms with E-state index in [4.69, 9.17) is 9.84 Å². The second-order valence-corrected chi connectivity index (χ2v) is 7.25. The number of hydrogen-bond acceptors (Lipinski definition) is 9. The Labute approximate surface area is 164 Å². The number of fused-ring (bicyclic) bond motifs is 1. The molecule has 28 heavy (non-hydrogen) atoms. The molecule has 2 aromatic rings. The molecular formula is C16H21N5O6S. The number of carboxylic acid groups (broad SMARTS) is 1. The van der Waals surface area contributed by atoms with Gasteiger partial charge in [0, 0.05) is 18.6 Å². The molecule has 0 saturated carbocycles. The van der Waals surface area contributed by atoms with Gasteiger partial charge in [0.05, 0.1) is 12.4 Å². The zero-order valence-corrected chi connectivity index (χ0v) is 15.9. The van der Waals surface area contributed by atoms with Gasteiger partial charge in [-0.3, -0.25) is 14.2 Å². The fourth-order valence-corrected chi connectivity index (χ4v) is 3.59. The van der Waals surface area contributed by atoms with Crippen LogP contribution in [-0.2, 0) is 14.3 Å². The summed E-state index contributed by atoms with van der Waals surface area (Å²) in [5.74, 6) is -0.650. The van der Waals surface area contributed by atoms with Gasteiger partial charge in [-0.15, -0.1) is 0 Å². The van der Waals surface area contributed by atoms with E-state index >= 15 is 0 Å². The zero-order chi connectivity index (χ0) is 20.3. The van der Waals surface area contributed by atoms with Crippen molar-refractivity contribution in [1.82, 2.24) is 19.5 Å². The number of amides is 1. The van der Waals surface area contributed by atoms with Crippen molar-refractivity contribution in [3.8, 4) is 0 Å². The highest BCUT2D eigenvalue weighted by Crippen LogP contribution is 2.33. The molecular weight excluding hydrogens is 390 g/mol. The van der Waals surface area contributed by atoms with Gasteiger partial charge in [0.25, 0.3) is 0 Å². The Balaban J connectivity index is 1.78. The van der Waals surface area contributed by atoms with Crippen LogP contribution in [0.1, 0.15) is 25.5 Å². The molecule has 4 N–H and O–H groups in total. The maximum atomic E-state index is 12.0. The summed E-state index contributed by atoms with van der Waals surface area (Å²) in [6.07, 6.45) is 1.08. The summed E-state index contributed by atoms with van der Waals surface area (Å²) >= 11 is 1.49. The van der Waals surface area contributed by atoms with Crippen molar-refractivity contribution in [2.24, 2.45) is 0 Å². The molecule has 4 unspecified atom stereocenters. The maximum absolute atomic E-state index is 12.0. The first-order valence-electron chi connectivity index (χ1n) is 8.62. The second kappa shape index (κ2) is 8.82. The van der Waals surface area contributed by atoms with E-state index in [0.717, 1.165) is 0 Å². The summed E-state index contributed by atoms with van der Waals surface area (Å²) < 4.78 is 7.27. The van der Waals surface area contributed by atoms with Gasteiger partial charge in [0.2, 0.25) is 5.91 Å². The number of aliphatic hydroxyl groups is 2. The number of imidazole rings is 1. The first kappa shape index (κ1) is 20.5. The van der Waals surface area contributed by atoms with Gasteiger partial charge in [-0.25, -0.2) is 15.0 Å². The second-order valence-electron chi connectivity index (χ2n) is 6.34. The average molecular weight is 411 g/mol. The predicted octanol–water partition coefficient (Wildman–Crippen LogP) is 0.00190. The lowest BCUT2D eigenvalue weighted by molar-refractivity contribution is -0.137. The summed E-state index contributed by atoms with van der Waals surface area (Å²) in [6.45, 7) is 0. The third kappa shape index (κ3) is 4.24. The first-order chi connectivity index (χ1) is 13.4. The SMILES string of the molecule is CSCC1OC(n2cnc3c(NC(=O)CCCC(=O)O)ncnc32)C(O)C1O. The minimum Gasteiger partial charge on any atom is -0.481 e. The van der Waals surface area contributed by atoms with Crippen LogP contribution in [0.2, 0.25) is 0 Å². The maximum Gasteiger partial charge on any atom is 0.303 e. The van der Waals surface area contributed by atoms with E-state index in [0.29, 0.717) is 16.9 Å². The Kier molecular flexibility index (Phi) is 6.44. The third-order valence-electron chi connectivity index (χ3n) is 4.35. The van der Waals surface area contributed by atoms with Gasteiger partial charge in [0.1, 0.15) is 18.5 Å². The van der Waals surface area contributed by atoms with Crippen LogP contribution >= 0.6 is 11.8 Å². The van der Waals surface area contributed by atoms with E-state index in [1.165, 1.54) is 29.0 Å². The van der Waals surface area contributed by atoms with Crippen LogP contribution in [0.25, 0.3) is 11.2 Å². The van der Waals surface area contributed by atoms with Crippen LogP contribution in [0, 0.1) is 0 Å². The number of aliphatic carboxylic acids is 1. The van der Waals surface area contributed by atoms with Crippen LogP contribution in [0.5, 0.6) is 0 Å². The molecule has 0 bridgehead atoms. The number of nitrogens with one attached hydrogen (secondary N) is 1. The minimum atomic E-state index is -1.15. The summed E-state index contributed by atoms with van der Waals surface area (Å²) in [6, 6.07) is 0. The van der Waals surface area contributed by atoms with Gasteiger partial charge in [-0.05, 0) is 12.7 Å². The Hall–Kier alpha value is -2.28. The Morgan fingerprint density at radius 1 is 1.25 bits per heavy atom. The van der Waals surface area contributed by atoms with Crippen LogP contribution in [0.3, 0.4) is 0 Å². The molecule has 0 aliphatic carbocycles. The molecule has 0 aromatic carbocycles. The van der Waals surface area contributed by atoms with Gasteiger partial charge in [-0.1, -0.05) is 0 Å². The van der Waals surface area contributed by atoms with Crippen LogP contribution in [0.4, 0.5) is 5.82 Å². The number of carboxylic acids is 1. The number of carbonyl (C=O) groups is 2. The van der Waals surface area contributed by atoms with E-state index in [2.05, 4.69) is 20.3 Å². The summed E-state index contributed by atoms with van der Waals surface area (Å²) in [5.41, 5.74) is 0.629. The highest BCUT2D eigenvalue weighted by molar-refractivity contribution is 7.98. The first-order valence-corrected chi connectivity index (χ1v) is 10.0. The molecule has 11 nitrogen and oxygen atoms in total. The molecule has 1 amide bonds. The number of aromatic nitrogens is 4. The molecule has 0 radical (unpaired) electrons. The number of carbonyl (C=O) groups excluding carboxylic acids is 1. The highest BCUT2D eigenvalue weighted by atomic mass is 32.2. The highest BCUT2D eigenvalue weighted by Gasteiger charge is 2.44. The number of thioether (sulfide) groups is 1. The van der Waals surface area contributed by atoms with Gasteiger partial charge >= 0.3 is 5.97 Å². The van der Waals surface area contributed by atoms with Gasteiger partial charge < -0.3 is 25.4 Å². The van der Waals surface area contributed by atoms with Crippen molar-refractivity contribution in [2.75, 3.05) is 17.3 Å². The number of hydrogen-bond donors (Lipinski definition) is 4. The van der Waals surface area contributed by atoms with Crippen molar-refractivity contribution in [3.05, 3.63) is 12.7 Å². The fraction of sp³-hybridized carbons (Fsp3) is 0.562. The van der Waals surface area contributed by atoms with E-state index in [9.17, 15) is 19.8 Å². The van der Waals surface area contributed by atoms with Crippen molar-refractivity contribution in [2.45, 2.75) is 43.8 Å². The third-order valence-corrected chi connectivity index (χ3v) is 5.02. The minimum absolute atomic E-state index is 0.0332. The topological polar surface area (TPSA) is 160 Å². The largest absolute Gasteiger partial charge is 0.481 e. The molecule has 3 rings (SSSR count). The van der Waals surface area contributed by atoms with Gasteiger partial charge in [0.15, 0.2) is 23.2 Å². The van der Waals surface area contributed by atoms with Crippen LogP contribution < -0.4 is 5.32 Å². The Morgan fingerprint density at radius 2 is 2.04 bits per heavy atom. The fourth-order valence-electron chi connectivity index (χ4n) is 2.99. The molecule has 12 heteroatoms. The monoisotopic (exact) mass is 411 g/mol. The molecule has 1 aliphatic heterocycles. The lowest BCUT2D eigenvalue weighted by atomic mass is 10.1. The lowest BCUT2D eigenvalue weighted by Crippen LogP contribution is -2.32. The number of aliphatic hydroxyl groups excluding tert-OH is 2. The molecule has 1 aliphatic rings. The predicted molar refractivity (Wildman–Crippen MR) is 99.7 cm³/mol. The average Bonchev–Trinajstić information content (AvgIpc) is 3.19. The molecule has 4 atom stereocenters. The smallest absolute Gasteiger partial charge is 0.303 e. The summed E-state index contributed by atoms with van der Waals surface area (Å²) in [5, 5.41) is 31.8. The van der Waals surface area contributed by atoms with Crippen molar-refractivity contribution < 1.29 is 29.6 Å². The summed E-state index contributed by atoms with van der Waals surface area (Å²) in [7, 11) is 0. The van der Waals surface area contributed by atoms with Crippen molar-refractivity contribution in [3.63, 3.8) is 0 Å². The van der Waals surface area contributed by atoms with Crippen LogP contribution in [-0.4, -0.2) is 77.0 Å². The zero-order valence-electron chi connectivity index (χ0n) is 15.1. The van der Waals surface area contributed by atoms with Crippen LogP contribution in [0.15, 0.2) is 12.7 Å². The quantitative estimate of drug-likeness (QED) is 0.465. The number of nitrogens with zero attached hydrogens (tertiary/aromatic N) is 4. The van der Waals surface area contributed by atoms with E-state index in [-0.39, 0.29) is 31.0 Å². The number of rotatable bonds is 8. The molecule has 3 heterocycles. The lowest BCUT2D eigenvalue weighted by Gasteiger charge is -2.16. The van der Waals surface area contributed by atoms with Gasteiger partial charge in [-0.2, -0.15) is 11.8 Å². The van der Waals surface area contributed by atoms with Crippen molar-refractivity contribution >= 4 is 40.6 Å². The van der Waals surface area contributed by atoms with E-state index in [1.807, 2.05) is 6.26 Å². The van der Waals surface area contributed by atoms with Crippen molar-refractivity contribution in [1.29, 1.82) is 0 Å². The molecule has 2 aromatic heterocycles. The Morgan fingerprint density at radius 3 is 2.75 bits per heavy atom. The number of ether oxygens (including phenoxy) is 1. The number of anilines is 1.